The van der Waals surface area contributed by atoms with Crippen LogP contribution in [0.2, 0.25) is 5.82 Å². The number of carbonyl (C=O) groups is 5. The third-order valence-corrected chi connectivity index (χ3v) is 7.13. The SMILES string of the molecule is CNC(=O)C[C@@]12CC(=O)[OH+][B-]([C@@H](CC(=O)[C@H](Cc3ccccc3)NC(=O)c3cnccn3)CC(C)C)(OC1=O)O2. The summed E-state index contributed by atoms with van der Waals surface area (Å²) in [5.74, 6) is -3.68. The second kappa shape index (κ2) is 11.9. The van der Waals surface area contributed by atoms with Crippen molar-refractivity contribution in [3.63, 3.8) is 0 Å². The second-order valence-electron chi connectivity index (χ2n) is 10.7. The van der Waals surface area contributed by atoms with E-state index in [9.17, 15) is 24.0 Å². The van der Waals surface area contributed by atoms with Crippen molar-refractivity contribution in [2.75, 3.05) is 7.05 Å². The monoisotopic (exact) mass is 552 g/mol. The summed E-state index contributed by atoms with van der Waals surface area (Å²) in [6, 6.07) is 8.22. The Balaban J connectivity index is 1.62. The third kappa shape index (κ3) is 6.36. The fourth-order valence-corrected chi connectivity index (χ4v) is 5.29. The van der Waals surface area contributed by atoms with Crippen LogP contribution in [-0.2, 0) is 34.9 Å². The summed E-state index contributed by atoms with van der Waals surface area (Å²) in [7, 11) is 1.41. The number of ketones is 1. The van der Waals surface area contributed by atoms with Crippen LogP contribution >= 0.6 is 0 Å². The maximum absolute atomic E-state index is 13.9. The molecule has 3 heterocycles. The number of rotatable bonds is 12. The smallest absolute Gasteiger partial charge is 0.576 e. The Morgan fingerprint density at radius 2 is 1.90 bits per heavy atom. The number of Topliss-reactive ketones (excluding diaryl/α,β-unsaturated/α-hetero) is 1. The van der Waals surface area contributed by atoms with Crippen molar-refractivity contribution >= 4 is 36.3 Å². The molecule has 13 heteroatoms. The first-order valence-electron chi connectivity index (χ1n) is 13.2. The van der Waals surface area contributed by atoms with Crippen LogP contribution in [0.1, 0.15) is 55.6 Å². The van der Waals surface area contributed by atoms with Crippen LogP contribution in [0.25, 0.3) is 0 Å². The Kier molecular flexibility index (Phi) is 8.62. The molecule has 4 atom stereocenters. The molecule has 2 fully saturated rings. The highest BCUT2D eigenvalue weighted by Gasteiger charge is 2.67. The quantitative estimate of drug-likeness (QED) is 0.289. The summed E-state index contributed by atoms with van der Waals surface area (Å²) < 4.78 is 15.9. The van der Waals surface area contributed by atoms with Gasteiger partial charge in [0.05, 0.1) is 18.7 Å². The molecule has 2 bridgehead atoms. The van der Waals surface area contributed by atoms with Gasteiger partial charge in [-0.2, -0.15) is 0 Å². The largest absolute Gasteiger partial charge is 0.718 e. The number of benzene rings is 1. The van der Waals surface area contributed by atoms with Gasteiger partial charge in [0.15, 0.2) is 11.4 Å². The number of hydrogen-bond donors (Lipinski definition) is 2. The number of nitrogens with zero attached hydrogens (tertiary/aromatic N) is 2. The predicted molar refractivity (Wildman–Crippen MR) is 142 cm³/mol. The molecular weight excluding hydrogens is 519 g/mol. The Morgan fingerprint density at radius 3 is 2.55 bits per heavy atom. The number of amides is 2. The highest BCUT2D eigenvalue weighted by atomic mass is 16.8. The van der Waals surface area contributed by atoms with Gasteiger partial charge >= 0.3 is 12.7 Å². The number of nitrogens with one attached hydrogen (secondary N) is 2. The first kappa shape index (κ1) is 28.9. The van der Waals surface area contributed by atoms with Gasteiger partial charge in [-0.15, -0.1) is 0 Å². The van der Waals surface area contributed by atoms with Crippen LogP contribution in [0.3, 0.4) is 0 Å². The summed E-state index contributed by atoms with van der Waals surface area (Å²) in [5, 5.41) is 5.20. The van der Waals surface area contributed by atoms with E-state index >= 15 is 0 Å². The summed E-state index contributed by atoms with van der Waals surface area (Å²) in [6.07, 6.45) is 3.62. The van der Waals surface area contributed by atoms with Crippen molar-refractivity contribution in [1.29, 1.82) is 0 Å². The summed E-state index contributed by atoms with van der Waals surface area (Å²) >= 11 is 0. The molecule has 2 aliphatic rings. The van der Waals surface area contributed by atoms with Gasteiger partial charge in [0.1, 0.15) is 12.1 Å². The molecule has 2 saturated heterocycles. The zero-order chi connectivity index (χ0) is 28.9. The summed E-state index contributed by atoms with van der Waals surface area (Å²) in [4.78, 5) is 72.7. The number of carbonyl (C=O) groups excluding carboxylic acids is 4. The Hall–Kier alpha value is -4.13. The van der Waals surface area contributed by atoms with Gasteiger partial charge < -0.3 is 24.6 Å². The molecule has 1 aromatic carbocycles. The van der Waals surface area contributed by atoms with E-state index in [-0.39, 0.29) is 30.2 Å². The van der Waals surface area contributed by atoms with Crippen molar-refractivity contribution in [3.05, 3.63) is 60.2 Å². The van der Waals surface area contributed by atoms with Crippen LogP contribution in [0.15, 0.2) is 48.9 Å². The van der Waals surface area contributed by atoms with E-state index in [4.69, 9.17) is 9.31 Å². The minimum absolute atomic E-state index is 0.0132. The molecule has 4 rings (SSSR count). The molecule has 0 spiro atoms. The second-order valence-corrected chi connectivity index (χ2v) is 10.7. The molecule has 3 N–H and O–H groups in total. The number of hydrogen-bond acceptors (Lipinski definition) is 9. The number of aromatic nitrogens is 2. The molecule has 2 aliphatic heterocycles. The molecule has 2 amide bonds. The zero-order valence-electron chi connectivity index (χ0n) is 22.7. The van der Waals surface area contributed by atoms with Gasteiger partial charge in [0.25, 0.3) is 11.9 Å². The lowest BCUT2D eigenvalue weighted by Crippen LogP contribution is -2.59. The van der Waals surface area contributed by atoms with Crippen molar-refractivity contribution in [3.8, 4) is 0 Å². The molecule has 2 aromatic rings. The van der Waals surface area contributed by atoms with Crippen LogP contribution < -0.4 is 10.6 Å². The Morgan fingerprint density at radius 1 is 1.15 bits per heavy atom. The Labute approximate surface area is 231 Å². The zero-order valence-corrected chi connectivity index (χ0v) is 22.7. The maximum atomic E-state index is 13.9. The van der Waals surface area contributed by atoms with E-state index in [0.717, 1.165) is 5.56 Å². The van der Waals surface area contributed by atoms with Gasteiger partial charge in [-0.1, -0.05) is 50.6 Å². The molecule has 12 nitrogen and oxygen atoms in total. The van der Waals surface area contributed by atoms with Crippen LogP contribution in [-0.4, -0.2) is 69.6 Å². The number of carboxylic acids is 1. The molecule has 1 aromatic heterocycles. The van der Waals surface area contributed by atoms with Crippen LogP contribution in [0, 0.1) is 5.92 Å². The predicted octanol–water partition coefficient (Wildman–Crippen LogP) is 1.04. The minimum Gasteiger partial charge on any atom is -0.718 e. The van der Waals surface area contributed by atoms with Gasteiger partial charge in [-0.3, -0.25) is 24.2 Å². The van der Waals surface area contributed by atoms with E-state index in [0.29, 0.717) is 6.42 Å². The minimum atomic E-state index is -2.91. The first-order valence-corrected chi connectivity index (χ1v) is 13.2. The molecule has 1 unspecified atom stereocenters. The average Bonchev–Trinajstić information content (AvgIpc) is 3.13. The van der Waals surface area contributed by atoms with Crippen LogP contribution in [0.4, 0.5) is 0 Å². The molecule has 0 aliphatic carbocycles. The van der Waals surface area contributed by atoms with E-state index in [2.05, 4.69) is 25.3 Å². The lowest BCUT2D eigenvalue weighted by molar-refractivity contribution is -0.169. The highest BCUT2D eigenvalue weighted by molar-refractivity contribution is 6.67. The normalized spacial score (nSPS) is 23.1. The maximum Gasteiger partial charge on any atom is 0.576 e. The number of fused-ring (bicyclic) bond motifs is 2. The number of aliphatic carboxylic acids is 1. The van der Waals surface area contributed by atoms with Crippen molar-refractivity contribution in [1.82, 2.24) is 20.6 Å². The fraction of sp³-hybridized carbons (Fsp3) is 0.444. The lowest BCUT2D eigenvalue weighted by Gasteiger charge is -2.43. The van der Waals surface area contributed by atoms with E-state index in [1.54, 1.807) is 0 Å². The third-order valence-electron chi connectivity index (χ3n) is 7.13. The highest BCUT2D eigenvalue weighted by Crippen LogP contribution is 2.47. The summed E-state index contributed by atoms with van der Waals surface area (Å²) in [5.41, 5.74) is -0.925. The van der Waals surface area contributed by atoms with Crippen molar-refractivity contribution in [2.24, 2.45) is 5.92 Å². The van der Waals surface area contributed by atoms with Gasteiger partial charge in [0, 0.05) is 24.2 Å². The molecule has 212 valence electrons. The van der Waals surface area contributed by atoms with Gasteiger partial charge in [0.2, 0.25) is 5.91 Å². The van der Waals surface area contributed by atoms with Crippen LogP contribution in [0.5, 0.6) is 0 Å². The molecule has 0 radical (unpaired) electrons. The first-order chi connectivity index (χ1) is 19.1. The van der Waals surface area contributed by atoms with Crippen molar-refractivity contribution < 1.29 is 37.9 Å². The standard InChI is InChI=1S/C27H33BN4O8/c1-17(2)11-19(28-38-24(35)15-27(40-28,26(37)39-28)14-23(34)29-3)13-22(33)20(12-18-7-5-4-6-8-18)32-25(36)21-16-30-9-10-31-21/h4-10,16-17,19-20,38H,11-15H2,1-3H3,(H,29,34)(H,32,36)/t19-,20+,27-,28?/m1/s1. The molecule has 0 saturated carbocycles. The van der Waals surface area contributed by atoms with E-state index in [1.165, 1.54) is 25.6 Å². The fourth-order valence-electron chi connectivity index (χ4n) is 5.29. The van der Waals surface area contributed by atoms with Gasteiger partial charge in [-0.25, -0.2) is 4.98 Å². The van der Waals surface area contributed by atoms with E-state index < -0.39 is 60.8 Å². The molecule has 40 heavy (non-hydrogen) atoms. The molecular formula is C27H33BN4O8. The van der Waals surface area contributed by atoms with E-state index in [1.807, 2.05) is 44.2 Å². The van der Waals surface area contributed by atoms with Gasteiger partial charge in [-0.05, 0) is 30.1 Å². The summed E-state index contributed by atoms with van der Waals surface area (Å²) in [6.45, 7) is 0.922. The average molecular weight is 552 g/mol. The topological polar surface area (TPSA) is 166 Å². The van der Waals surface area contributed by atoms with Crippen molar-refractivity contribution in [2.45, 2.75) is 63.4 Å². The lowest BCUT2D eigenvalue weighted by atomic mass is 9.57. The Bertz CT molecular complexity index is 1280.